The first-order chi connectivity index (χ1) is 15.6. The van der Waals surface area contributed by atoms with Crippen LogP contribution in [0.15, 0.2) is 60.0 Å². The van der Waals surface area contributed by atoms with E-state index < -0.39 is 5.97 Å². The topological polar surface area (TPSA) is 49.8 Å². The summed E-state index contributed by atoms with van der Waals surface area (Å²) in [5.41, 5.74) is 4.81. The Morgan fingerprint density at radius 1 is 1.18 bits per heavy atom. The fourth-order valence-corrected chi connectivity index (χ4v) is 4.97. The molecule has 0 radical (unpaired) electrons. The highest BCUT2D eigenvalue weighted by Crippen LogP contribution is 2.26. The molecule has 6 heteroatoms. The number of thiophene rings is 1. The SMILES string of the molecule is CC#CC(CC(=O)O)c1ccc(OCc2cccc(CN3CCc4sccc4C3)c2)cc1.Cl. The average molecular weight is 482 g/mol. The monoisotopic (exact) mass is 481 g/mol. The number of hydrogen-bond acceptors (Lipinski definition) is 4. The summed E-state index contributed by atoms with van der Waals surface area (Å²) >= 11 is 1.87. The Morgan fingerprint density at radius 3 is 2.73 bits per heavy atom. The number of hydrogen-bond donors (Lipinski definition) is 1. The van der Waals surface area contributed by atoms with Crippen LogP contribution in [0.25, 0.3) is 0 Å². The lowest BCUT2D eigenvalue weighted by Crippen LogP contribution is -2.29. The zero-order chi connectivity index (χ0) is 22.3. The second kappa shape index (κ2) is 11.9. The Labute approximate surface area is 205 Å². The van der Waals surface area contributed by atoms with Gasteiger partial charge in [0.2, 0.25) is 0 Å². The molecule has 1 atom stereocenters. The number of ether oxygens (including phenoxy) is 1. The van der Waals surface area contributed by atoms with E-state index in [1.165, 1.54) is 16.0 Å². The average Bonchev–Trinajstić information content (AvgIpc) is 3.26. The molecule has 0 saturated heterocycles. The van der Waals surface area contributed by atoms with Gasteiger partial charge in [-0.25, -0.2) is 0 Å². The molecule has 1 aliphatic rings. The summed E-state index contributed by atoms with van der Waals surface area (Å²) in [6.07, 6.45) is 1.14. The first-order valence-electron chi connectivity index (χ1n) is 10.8. The Kier molecular flexibility index (Phi) is 8.96. The highest BCUT2D eigenvalue weighted by molar-refractivity contribution is 7.10. The Bertz CT molecular complexity index is 1130. The van der Waals surface area contributed by atoms with Crippen molar-refractivity contribution in [2.45, 2.75) is 45.4 Å². The Morgan fingerprint density at radius 2 is 1.97 bits per heavy atom. The van der Waals surface area contributed by atoms with E-state index in [1.807, 2.05) is 35.6 Å². The van der Waals surface area contributed by atoms with Crippen molar-refractivity contribution in [1.82, 2.24) is 4.90 Å². The van der Waals surface area contributed by atoms with Gasteiger partial charge in [0.05, 0.1) is 12.3 Å². The van der Waals surface area contributed by atoms with Gasteiger partial charge >= 0.3 is 5.97 Å². The zero-order valence-corrected chi connectivity index (χ0v) is 20.3. The van der Waals surface area contributed by atoms with Gasteiger partial charge in [-0.05, 0) is 59.2 Å². The van der Waals surface area contributed by atoms with Crippen LogP contribution in [0.5, 0.6) is 5.75 Å². The third-order valence-corrected chi connectivity index (χ3v) is 6.69. The first-order valence-corrected chi connectivity index (χ1v) is 11.7. The highest BCUT2D eigenvalue weighted by atomic mass is 35.5. The van der Waals surface area contributed by atoms with Crippen LogP contribution in [0.2, 0.25) is 0 Å². The van der Waals surface area contributed by atoms with Gasteiger partial charge in [-0.1, -0.05) is 42.3 Å². The summed E-state index contributed by atoms with van der Waals surface area (Å²) < 4.78 is 5.98. The summed E-state index contributed by atoms with van der Waals surface area (Å²) in [6.45, 7) is 5.30. The van der Waals surface area contributed by atoms with Gasteiger partial charge in [-0.2, -0.15) is 0 Å². The summed E-state index contributed by atoms with van der Waals surface area (Å²) in [5.74, 6) is 5.41. The number of carboxylic acid groups (broad SMARTS) is 1. The van der Waals surface area contributed by atoms with Gasteiger partial charge in [0.15, 0.2) is 0 Å². The molecule has 1 unspecified atom stereocenters. The van der Waals surface area contributed by atoms with Gasteiger partial charge < -0.3 is 9.84 Å². The molecular weight excluding hydrogens is 454 g/mol. The van der Waals surface area contributed by atoms with Crippen molar-refractivity contribution in [2.75, 3.05) is 6.54 Å². The number of benzene rings is 2. The minimum Gasteiger partial charge on any atom is -0.489 e. The van der Waals surface area contributed by atoms with E-state index in [1.54, 1.807) is 6.92 Å². The van der Waals surface area contributed by atoms with Crippen LogP contribution in [0, 0.1) is 11.8 Å². The van der Waals surface area contributed by atoms with E-state index in [2.05, 4.69) is 52.5 Å². The predicted octanol–water partition coefficient (Wildman–Crippen LogP) is 5.89. The molecule has 2 heterocycles. The standard InChI is InChI=1S/C27H27NO3S.ClH/c1-2-4-23(16-27(29)30)22-7-9-25(10-8-22)31-19-21-6-3-5-20(15-21)17-28-13-11-26-24(18-28)12-14-32-26;/h3,5-10,12,14-15,23H,11,13,16-19H2,1H3,(H,29,30);1H. The van der Waals surface area contributed by atoms with Crippen molar-refractivity contribution < 1.29 is 14.6 Å². The molecule has 0 aliphatic carbocycles. The summed E-state index contributed by atoms with van der Waals surface area (Å²) in [5, 5.41) is 11.3. The number of rotatable bonds is 8. The van der Waals surface area contributed by atoms with Crippen LogP contribution >= 0.6 is 23.7 Å². The maximum atomic E-state index is 11.1. The van der Waals surface area contributed by atoms with Gasteiger partial charge in [-0.3, -0.25) is 9.69 Å². The van der Waals surface area contributed by atoms with Crippen molar-refractivity contribution in [2.24, 2.45) is 0 Å². The number of fused-ring (bicyclic) bond motifs is 1. The molecule has 1 aromatic heterocycles. The largest absolute Gasteiger partial charge is 0.489 e. The van der Waals surface area contributed by atoms with Crippen molar-refractivity contribution in [3.05, 3.63) is 87.1 Å². The normalized spacial score (nSPS) is 13.7. The van der Waals surface area contributed by atoms with E-state index in [0.717, 1.165) is 42.9 Å². The third kappa shape index (κ3) is 6.85. The smallest absolute Gasteiger partial charge is 0.304 e. The number of nitrogens with zero attached hydrogens (tertiary/aromatic N) is 1. The number of halogens is 1. The van der Waals surface area contributed by atoms with Crippen LogP contribution in [0.4, 0.5) is 0 Å². The van der Waals surface area contributed by atoms with Crippen LogP contribution in [-0.2, 0) is 30.9 Å². The van der Waals surface area contributed by atoms with Crippen molar-refractivity contribution in [3.63, 3.8) is 0 Å². The molecule has 1 aliphatic heterocycles. The minimum absolute atomic E-state index is 0. The van der Waals surface area contributed by atoms with Crippen LogP contribution < -0.4 is 4.74 Å². The van der Waals surface area contributed by atoms with E-state index in [9.17, 15) is 4.79 Å². The third-order valence-electron chi connectivity index (χ3n) is 5.67. The molecule has 3 aromatic rings. The van der Waals surface area contributed by atoms with Gasteiger partial charge in [0.1, 0.15) is 12.4 Å². The van der Waals surface area contributed by atoms with Crippen molar-refractivity contribution >= 4 is 29.7 Å². The van der Waals surface area contributed by atoms with E-state index >= 15 is 0 Å². The lowest BCUT2D eigenvalue weighted by Gasteiger charge is -2.27. The molecule has 1 N–H and O–H groups in total. The Balaban J connectivity index is 0.00000306. The number of carboxylic acids is 1. The van der Waals surface area contributed by atoms with Gasteiger partial charge in [0, 0.05) is 24.5 Å². The Hall–Kier alpha value is -2.78. The summed E-state index contributed by atoms with van der Waals surface area (Å²) in [6, 6.07) is 18.4. The molecule has 172 valence electrons. The number of aliphatic carboxylic acids is 1. The van der Waals surface area contributed by atoms with E-state index in [4.69, 9.17) is 9.84 Å². The molecule has 0 saturated carbocycles. The molecule has 0 bridgehead atoms. The lowest BCUT2D eigenvalue weighted by molar-refractivity contribution is -0.137. The van der Waals surface area contributed by atoms with E-state index in [-0.39, 0.29) is 24.7 Å². The highest BCUT2D eigenvalue weighted by Gasteiger charge is 2.17. The fourth-order valence-electron chi connectivity index (χ4n) is 4.08. The molecule has 0 fully saturated rings. The predicted molar refractivity (Wildman–Crippen MR) is 135 cm³/mol. The first kappa shape index (κ1) is 24.9. The molecule has 4 rings (SSSR count). The van der Waals surface area contributed by atoms with Crippen LogP contribution in [0.1, 0.15) is 46.4 Å². The summed E-state index contributed by atoms with van der Waals surface area (Å²) in [4.78, 5) is 15.1. The van der Waals surface area contributed by atoms with Gasteiger partial charge in [0.25, 0.3) is 0 Å². The minimum atomic E-state index is -0.849. The van der Waals surface area contributed by atoms with Crippen molar-refractivity contribution in [3.8, 4) is 17.6 Å². The molecule has 0 spiro atoms. The van der Waals surface area contributed by atoms with Crippen molar-refractivity contribution in [1.29, 1.82) is 0 Å². The maximum absolute atomic E-state index is 11.1. The maximum Gasteiger partial charge on any atom is 0.304 e. The second-order valence-electron chi connectivity index (χ2n) is 8.05. The molecule has 2 aromatic carbocycles. The molecule has 0 amide bonds. The van der Waals surface area contributed by atoms with Gasteiger partial charge in [-0.15, -0.1) is 29.7 Å². The van der Waals surface area contributed by atoms with Crippen LogP contribution in [-0.4, -0.2) is 22.5 Å². The van der Waals surface area contributed by atoms with Crippen LogP contribution in [0.3, 0.4) is 0 Å². The zero-order valence-electron chi connectivity index (χ0n) is 18.6. The summed E-state index contributed by atoms with van der Waals surface area (Å²) in [7, 11) is 0. The fraction of sp³-hybridized carbons (Fsp3) is 0.296. The molecule has 33 heavy (non-hydrogen) atoms. The quantitative estimate of drug-likeness (QED) is 0.407. The van der Waals surface area contributed by atoms with E-state index in [0.29, 0.717) is 6.61 Å². The molecular formula is C27H28ClNO3S. The molecule has 4 nitrogen and oxygen atoms in total. The number of carbonyl (C=O) groups is 1. The second-order valence-corrected chi connectivity index (χ2v) is 9.05. The lowest BCUT2D eigenvalue weighted by atomic mass is 9.96.